The van der Waals surface area contributed by atoms with Crippen LogP contribution in [0.4, 0.5) is 15.2 Å². The van der Waals surface area contributed by atoms with Crippen LogP contribution in [0.15, 0.2) is 47.8 Å². The molecule has 31 heavy (non-hydrogen) atoms. The number of hydrogen-bond acceptors (Lipinski definition) is 6. The van der Waals surface area contributed by atoms with E-state index in [-0.39, 0.29) is 17.3 Å². The van der Waals surface area contributed by atoms with Gasteiger partial charge in [-0.3, -0.25) is 5.41 Å². The van der Waals surface area contributed by atoms with Crippen LogP contribution in [0, 0.1) is 11.2 Å². The second kappa shape index (κ2) is 7.77. The van der Waals surface area contributed by atoms with Gasteiger partial charge in [0.1, 0.15) is 5.82 Å². The molecule has 1 atom stereocenters. The molecule has 162 valence electrons. The molecule has 1 saturated heterocycles. The van der Waals surface area contributed by atoms with E-state index in [0.717, 1.165) is 15.6 Å². The number of nitrogens with zero attached hydrogens (tertiary/aromatic N) is 2. The van der Waals surface area contributed by atoms with Crippen LogP contribution < -0.4 is 10.6 Å². The molecule has 7 nitrogen and oxygen atoms in total. The highest BCUT2D eigenvalue weighted by Gasteiger charge is 2.43. The summed E-state index contributed by atoms with van der Waals surface area (Å²) >= 11 is 7.32. The molecule has 1 aliphatic rings. The number of halogens is 2. The molecule has 2 heterocycles. The number of aromatic nitrogens is 1. The Balaban J connectivity index is 1.62. The van der Waals surface area contributed by atoms with E-state index in [0.29, 0.717) is 15.8 Å². The first-order valence-electron chi connectivity index (χ1n) is 9.19. The SMILES string of the molecule is CN1C(=N)N[C@](C)(c2cc(Nc3nc(-c4ccc(Cl)cc4)cs3)ccc2F)CS1(=O)=O. The van der Waals surface area contributed by atoms with Crippen molar-refractivity contribution in [2.24, 2.45) is 0 Å². The fraction of sp³-hybridized carbons (Fsp3) is 0.200. The zero-order chi connectivity index (χ0) is 22.4. The molecule has 1 aromatic heterocycles. The summed E-state index contributed by atoms with van der Waals surface area (Å²) in [5.41, 5.74) is 1.10. The van der Waals surface area contributed by atoms with Crippen LogP contribution in [-0.2, 0) is 15.6 Å². The number of guanidine groups is 1. The van der Waals surface area contributed by atoms with Gasteiger partial charge >= 0.3 is 0 Å². The fourth-order valence-electron chi connectivity index (χ4n) is 3.36. The average Bonchev–Trinajstić information content (AvgIpc) is 3.16. The number of thiazole rings is 1. The standard InChI is InChI=1S/C20H19ClFN5O2S2/c1-20(11-31(28,29)27(2)18(23)26-20)15-9-14(7-8-16(15)22)24-19-25-17(10-30-19)12-3-5-13(21)6-4-12/h3-10H,11H2,1-2H3,(H2,23,26)(H,24,25)/t20-/m0/s1. The minimum Gasteiger partial charge on any atom is -0.345 e. The summed E-state index contributed by atoms with van der Waals surface area (Å²) in [5, 5.41) is 17.0. The summed E-state index contributed by atoms with van der Waals surface area (Å²) in [6, 6.07) is 11.7. The van der Waals surface area contributed by atoms with Gasteiger partial charge in [0.15, 0.2) is 5.13 Å². The van der Waals surface area contributed by atoms with E-state index < -0.39 is 21.4 Å². The smallest absolute Gasteiger partial charge is 0.239 e. The maximum absolute atomic E-state index is 14.7. The van der Waals surface area contributed by atoms with Gasteiger partial charge in [-0.05, 0) is 37.3 Å². The van der Waals surface area contributed by atoms with Crippen molar-refractivity contribution >= 4 is 49.7 Å². The Hall–Kier alpha value is -2.69. The largest absolute Gasteiger partial charge is 0.345 e. The molecule has 0 unspecified atom stereocenters. The van der Waals surface area contributed by atoms with Gasteiger partial charge in [0.2, 0.25) is 16.0 Å². The van der Waals surface area contributed by atoms with Gasteiger partial charge in [-0.25, -0.2) is 22.1 Å². The maximum atomic E-state index is 14.7. The molecular formula is C20H19ClFN5O2S2. The lowest BCUT2D eigenvalue weighted by molar-refractivity contribution is 0.403. The van der Waals surface area contributed by atoms with Crippen LogP contribution >= 0.6 is 22.9 Å². The highest BCUT2D eigenvalue weighted by molar-refractivity contribution is 7.89. The van der Waals surface area contributed by atoms with E-state index in [2.05, 4.69) is 15.6 Å². The molecule has 2 aromatic carbocycles. The lowest BCUT2D eigenvalue weighted by Crippen LogP contribution is -2.61. The molecule has 1 aliphatic heterocycles. The minimum absolute atomic E-state index is 0.147. The number of nitrogens with one attached hydrogen (secondary N) is 3. The van der Waals surface area contributed by atoms with Gasteiger partial charge in [-0.1, -0.05) is 23.7 Å². The Bertz CT molecular complexity index is 1260. The number of hydrogen-bond donors (Lipinski definition) is 3. The van der Waals surface area contributed by atoms with Crippen LogP contribution in [-0.4, -0.2) is 36.5 Å². The first-order valence-corrected chi connectivity index (χ1v) is 12.1. The third-order valence-electron chi connectivity index (χ3n) is 5.05. The van der Waals surface area contributed by atoms with Crippen molar-refractivity contribution in [3.63, 3.8) is 0 Å². The lowest BCUT2D eigenvalue weighted by Gasteiger charge is -2.40. The van der Waals surface area contributed by atoms with Gasteiger partial charge in [-0.2, -0.15) is 0 Å². The monoisotopic (exact) mass is 479 g/mol. The molecule has 0 aliphatic carbocycles. The second-order valence-corrected chi connectivity index (χ2v) is 10.7. The topological polar surface area (TPSA) is 98.2 Å². The Kier molecular flexibility index (Phi) is 5.40. The minimum atomic E-state index is -3.75. The predicted molar refractivity (Wildman–Crippen MR) is 122 cm³/mol. The van der Waals surface area contributed by atoms with Crippen molar-refractivity contribution in [2.75, 3.05) is 18.1 Å². The molecule has 3 aromatic rings. The van der Waals surface area contributed by atoms with E-state index in [1.807, 2.05) is 17.5 Å². The Morgan fingerprint density at radius 2 is 2.00 bits per heavy atom. The molecular weight excluding hydrogens is 461 g/mol. The van der Waals surface area contributed by atoms with Crippen molar-refractivity contribution in [1.29, 1.82) is 5.41 Å². The first-order chi connectivity index (χ1) is 14.6. The summed E-state index contributed by atoms with van der Waals surface area (Å²) in [5.74, 6) is -1.25. The number of rotatable bonds is 4. The normalized spacial score (nSPS) is 20.4. The summed E-state index contributed by atoms with van der Waals surface area (Å²) < 4.78 is 40.4. The molecule has 0 spiro atoms. The van der Waals surface area contributed by atoms with Gasteiger partial charge in [0.05, 0.1) is 17.0 Å². The highest BCUT2D eigenvalue weighted by Crippen LogP contribution is 2.33. The molecule has 4 rings (SSSR count). The summed E-state index contributed by atoms with van der Waals surface area (Å²) in [7, 11) is -2.45. The number of anilines is 2. The van der Waals surface area contributed by atoms with E-state index in [1.165, 1.54) is 24.5 Å². The van der Waals surface area contributed by atoms with Gasteiger partial charge in [-0.15, -0.1) is 11.3 Å². The number of sulfonamides is 1. The van der Waals surface area contributed by atoms with Crippen molar-refractivity contribution in [3.05, 3.63) is 64.2 Å². The quantitative estimate of drug-likeness (QED) is 0.516. The molecule has 0 bridgehead atoms. The average molecular weight is 480 g/mol. The van der Waals surface area contributed by atoms with Crippen LogP contribution in [0.2, 0.25) is 5.02 Å². The van der Waals surface area contributed by atoms with Crippen LogP contribution in [0.5, 0.6) is 0 Å². The van der Waals surface area contributed by atoms with Crippen molar-refractivity contribution in [2.45, 2.75) is 12.5 Å². The van der Waals surface area contributed by atoms with Gasteiger partial charge in [0, 0.05) is 34.3 Å². The van der Waals surface area contributed by atoms with E-state index in [1.54, 1.807) is 31.2 Å². The molecule has 0 amide bonds. The third kappa shape index (κ3) is 4.23. The first kappa shape index (κ1) is 21.5. The third-order valence-corrected chi connectivity index (χ3v) is 8.02. The summed E-state index contributed by atoms with van der Waals surface area (Å²) in [6.45, 7) is 1.57. The van der Waals surface area contributed by atoms with Crippen molar-refractivity contribution in [3.8, 4) is 11.3 Å². The lowest BCUT2D eigenvalue weighted by atomic mass is 9.93. The summed E-state index contributed by atoms with van der Waals surface area (Å²) in [6.07, 6.45) is 0. The molecule has 11 heteroatoms. The van der Waals surface area contributed by atoms with Crippen molar-refractivity contribution < 1.29 is 12.8 Å². The molecule has 0 saturated carbocycles. The zero-order valence-electron chi connectivity index (χ0n) is 16.6. The predicted octanol–water partition coefficient (Wildman–Crippen LogP) is 4.36. The Morgan fingerprint density at radius 1 is 1.29 bits per heavy atom. The van der Waals surface area contributed by atoms with E-state index in [4.69, 9.17) is 17.0 Å². The Labute approximate surface area is 188 Å². The van der Waals surface area contributed by atoms with E-state index >= 15 is 0 Å². The van der Waals surface area contributed by atoms with Crippen LogP contribution in [0.25, 0.3) is 11.3 Å². The maximum Gasteiger partial charge on any atom is 0.239 e. The zero-order valence-corrected chi connectivity index (χ0v) is 19.0. The Morgan fingerprint density at radius 3 is 2.68 bits per heavy atom. The van der Waals surface area contributed by atoms with Gasteiger partial charge in [0.25, 0.3) is 0 Å². The molecule has 0 radical (unpaired) electrons. The molecule has 1 fully saturated rings. The van der Waals surface area contributed by atoms with Crippen LogP contribution in [0.3, 0.4) is 0 Å². The molecule has 3 N–H and O–H groups in total. The van der Waals surface area contributed by atoms with Gasteiger partial charge < -0.3 is 10.6 Å². The highest BCUT2D eigenvalue weighted by atomic mass is 35.5. The van der Waals surface area contributed by atoms with Crippen molar-refractivity contribution in [1.82, 2.24) is 14.6 Å². The van der Waals surface area contributed by atoms with E-state index in [9.17, 15) is 12.8 Å². The summed E-state index contributed by atoms with van der Waals surface area (Å²) in [4.78, 5) is 4.55. The number of benzene rings is 2. The van der Waals surface area contributed by atoms with Crippen LogP contribution in [0.1, 0.15) is 12.5 Å². The second-order valence-electron chi connectivity index (χ2n) is 7.39. The fourth-order valence-corrected chi connectivity index (χ4v) is 5.70.